The molecule has 1 atom stereocenters. The lowest BCUT2D eigenvalue weighted by Gasteiger charge is -2.25. The SMILES string of the molecule is Cn1ccc2c1CCNC2CCCO. The molecule has 3 heteroatoms. The average molecular weight is 194 g/mol. The van der Waals surface area contributed by atoms with Gasteiger partial charge in [0.25, 0.3) is 0 Å². The molecule has 2 N–H and O–H groups in total. The summed E-state index contributed by atoms with van der Waals surface area (Å²) in [4.78, 5) is 0. The Bertz CT molecular complexity index is 306. The number of hydrogen-bond donors (Lipinski definition) is 2. The number of aryl methyl sites for hydroxylation is 1. The highest BCUT2D eigenvalue weighted by molar-refractivity contribution is 5.28. The molecule has 0 amide bonds. The Hall–Kier alpha value is -0.800. The van der Waals surface area contributed by atoms with E-state index in [1.54, 1.807) is 0 Å². The zero-order valence-corrected chi connectivity index (χ0v) is 8.66. The molecule has 0 aromatic carbocycles. The first-order valence-corrected chi connectivity index (χ1v) is 5.31. The van der Waals surface area contributed by atoms with E-state index in [4.69, 9.17) is 5.11 Å². The lowest BCUT2D eigenvalue weighted by Crippen LogP contribution is -2.30. The fraction of sp³-hybridized carbons (Fsp3) is 0.636. The lowest BCUT2D eigenvalue weighted by molar-refractivity contribution is 0.273. The number of nitrogens with one attached hydrogen (secondary N) is 1. The molecule has 0 bridgehead atoms. The van der Waals surface area contributed by atoms with E-state index in [1.165, 1.54) is 11.3 Å². The Kier molecular flexibility index (Phi) is 2.89. The first kappa shape index (κ1) is 9.74. The van der Waals surface area contributed by atoms with Gasteiger partial charge < -0.3 is 15.0 Å². The number of rotatable bonds is 3. The maximum absolute atomic E-state index is 8.82. The van der Waals surface area contributed by atoms with Crippen LogP contribution in [-0.4, -0.2) is 22.8 Å². The van der Waals surface area contributed by atoms with Gasteiger partial charge in [-0.05, 0) is 24.5 Å². The van der Waals surface area contributed by atoms with Crippen LogP contribution in [0, 0.1) is 0 Å². The topological polar surface area (TPSA) is 37.2 Å². The number of aromatic nitrogens is 1. The van der Waals surface area contributed by atoms with Crippen molar-refractivity contribution in [3.05, 3.63) is 23.5 Å². The number of hydrogen-bond acceptors (Lipinski definition) is 2. The summed E-state index contributed by atoms with van der Waals surface area (Å²) >= 11 is 0. The smallest absolute Gasteiger partial charge is 0.0431 e. The van der Waals surface area contributed by atoms with Gasteiger partial charge in [-0.15, -0.1) is 0 Å². The first-order valence-electron chi connectivity index (χ1n) is 5.31. The van der Waals surface area contributed by atoms with Crippen molar-refractivity contribution in [2.24, 2.45) is 7.05 Å². The van der Waals surface area contributed by atoms with Crippen LogP contribution in [0.1, 0.15) is 30.1 Å². The minimum Gasteiger partial charge on any atom is -0.396 e. The van der Waals surface area contributed by atoms with Crippen molar-refractivity contribution in [3.63, 3.8) is 0 Å². The fourth-order valence-electron chi connectivity index (χ4n) is 2.25. The first-order chi connectivity index (χ1) is 6.83. The van der Waals surface area contributed by atoms with Crippen LogP contribution >= 0.6 is 0 Å². The Labute approximate surface area is 84.7 Å². The zero-order valence-electron chi connectivity index (χ0n) is 8.66. The van der Waals surface area contributed by atoms with Gasteiger partial charge in [-0.1, -0.05) is 0 Å². The molecular weight excluding hydrogens is 176 g/mol. The molecule has 78 valence electrons. The van der Waals surface area contributed by atoms with Gasteiger partial charge in [0.15, 0.2) is 0 Å². The second kappa shape index (κ2) is 4.15. The molecule has 0 fully saturated rings. The third-order valence-electron chi connectivity index (χ3n) is 3.02. The molecule has 1 aliphatic rings. The second-order valence-corrected chi connectivity index (χ2v) is 3.95. The van der Waals surface area contributed by atoms with E-state index in [0.717, 1.165) is 25.8 Å². The molecule has 14 heavy (non-hydrogen) atoms. The molecule has 0 saturated carbocycles. The van der Waals surface area contributed by atoms with Crippen LogP contribution in [0.25, 0.3) is 0 Å². The highest BCUT2D eigenvalue weighted by atomic mass is 16.2. The summed E-state index contributed by atoms with van der Waals surface area (Å²) in [5.74, 6) is 0. The van der Waals surface area contributed by atoms with Crippen molar-refractivity contribution in [1.29, 1.82) is 0 Å². The van der Waals surface area contributed by atoms with Crippen LogP contribution in [0.3, 0.4) is 0 Å². The molecule has 0 spiro atoms. The third kappa shape index (κ3) is 1.70. The molecular formula is C11H18N2O. The van der Waals surface area contributed by atoms with Crippen LogP contribution < -0.4 is 5.32 Å². The monoisotopic (exact) mass is 194 g/mol. The van der Waals surface area contributed by atoms with Crippen LogP contribution in [0.2, 0.25) is 0 Å². The molecule has 1 unspecified atom stereocenters. The molecule has 0 saturated heterocycles. The van der Waals surface area contributed by atoms with E-state index in [-0.39, 0.29) is 0 Å². The van der Waals surface area contributed by atoms with Gasteiger partial charge in [0.05, 0.1) is 0 Å². The summed E-state index contributed by atoms with van der Waals surface area (Å²) in [6.07, 6.45) is 5.16. The van der Waals surface area contributed by atoms with Gasteiger partial charge in [-0.3, -0.25) is 0 Å². The predicted molar refractivity (Wildman–Crippen MR) is 56.2 cm³/mol. The molecule has 2 rings (SSSR count). The highest BCUT2D eigenvalue weighted by Crippen LogP contribution is 2.26. The predicted octanol–water partition coefficient (Wildman–Crippen LogP) is 0.984. The van der Waals surface area contributed by atoms with Crippen molar-refractivity contribution in [3.8, 4) is 0 Å². The van der Waals surface area contributed by atoms with Crippen molar-refractivity contribution in [1.82, 2.24) is 9.88 Å². The zero-order chi connectivity index (χ0) is 9.97. The number of fused-ring (bicyclic) bond motifs is 1. The molecule has 2 heterocycles. The van der Waals surface area contributed by atoms with Gasteiger partial charge in [-0.2, -0.15) is 0 Å². The number of aliphatic hydroxyl groups is 1. The van der Waals surface area contributed by atoms with E-state index >= 15 is 0 Å². The van der Waals surface area contributed by atoms with E-state index in [9.17, 15) is 0 Å². The largest absolute Gasteiger partial charge is 0.396 e. The molecule has 0 radical (unpaired) electrons. The van der Waals surface area contributed by atoms with Gasteiger partial charge in [0, 0.05) is 44.6 Å². The average Bonchev–Trinajstić information content (AvgIpc) is 2.58. The van der Waals surface area contributed by atoms with Crippen LogP contribution in [0.15, 0.2) is 12.3 Å². The minimum atomic E-state index is 0.292. The third-order valence-corrected chi connectivity index (χ3v) is 3.02. The van der Waals surface area contributed by atoms with E-state index < -0.39 is 0 Å². The quantitative estimate of drug-likeness (QED) is 0.752. The van der Waals surface area contributed by atoms with Crippen molar-refractivity contribution >= 4 is 0 Å². The summed E-state index contributed by atoms with van der Waals surface area (Å²) in [5.41, 5.74) is 2.87. The molecule has 1 aromatic heterocycles. The molecule has 1 aromatic rings. The Morgan fingerprint density at radius 2 is 2.50 bits per heavy atom. The van der Waals surface area contributed by atoms with Gasteiger partial charge >= 0.3 is 0 Å². The van der Waals surface area contributed by atoms with E-state index in [2.05, 4.69) is 29.2 Å². The maximum Gasteiger partial charge on any atom is 0.0431 e. The van der Waals surface area contributed by atoms with Gasteiger partial charge in [0.2, 0.25) is 0 Å². The number of aliphatic hydroxyl groups excluding tert-OH is 1. The summed E-state index contributed by atoms with van der Waals surface area (Å²) in [7, 11) is 2.10. The standard InChI is InChI=1S/C11H18N2O/c1-13-7-5-9-10(3-2-8-14)12-6-4-11(9)13/h5,7,10,12,14H,2-4,6,8H2,1H3. The molecule has 1 aliphatic heterocycles. The summed E-state index contributed by atoms with van der Waals surface area (Å²) in [5, 5.41) is 12.3. The summed E-state index contributed by atoms with van der Waals surface area (Å²) in [6.45, 7) is 1.35. The van der Waals surface area contributed by atoms with Crippen molar-refractivity contribution in [2.45, 2.75) is 25.3 Å². The van der Waals surface area contributed by atoms with Crippen LogP contribution in [-0.2, 0) is 13.5 Å². The lowest BCUT2D eigenvalue weighted by atomic mass is 9.97. The normalized spacial score (nSPS) is 20.9. The molecule has 3 nitrogen and oxygen atoms in total. The van der Waals surface area contributed by atoms with Crippen molar-refractivity contribution in [2.75, 3.05) is 13.2 Å². The van der Waals surface area contributed by atoms with Crippen molar-refractivity contribution < 1.29 is 5.11 Å². The van der Waals surface area contributed by atoms with Crippen LogP contribution in [0.4, 0.5) is 0 Å². The Balaban J connectivity index is 2.14. The van der Waals surface area contributed by atoms with Gasteiger partial charge in [-0.25, -0.2) is 0 Å². The molecule has 0 aliphatic carbocycles. The van der Waals surface area contributed by atoms with Gasteiger partial charge in [0.1, 0.15) is 0 Å². The van der Waals surface area contributed by atoms with E-state index in [1.807, 2.05) is 0 Å². The van der Waals surface area contributed by atoms with E-state index in [0.29, 0.717) is 12.6 Å². The minimum absolute atomic E-state index is 0.292. The Morgan fingerprint density at radius 3 is 3.29 bits per heavy atom. The van der Waals surface area contributed by atoms with Crippen LogP contribution in [0.5, 0.6) is 0 Å². The maximum atomic E-state index is 8.82. The summed E-state index contributed by atoms with van der Waals surface area (Å²) < 4.78 is 2.21. The summed E-state index contributed by atoms with van der Waals surface area (Å²) in [6, 6.07) is 2.65. The Morgan fingerprint density at radius 1 is 1.64 bits per heavy atom. The second-order valence-electron chi connectivity index (χ2n) is 3.95. The fourth-order valence-corrected chi connectivity index (χ4v) is 2.25. The highest BCUT2D eigenvalue weighted by Gasteiger charge is 2.20. The number of nitrogens with zero attached hydrogens (tertiary/aromatic N) is 1.